The van der Waals surface area contributed by atoms with Crippen LogP contribution in [0.1, 0.15) is 24.1 Å². The highest BCUT2D eigenvalue weighted by Gasteiger charge is 2.10. The first-order valence-corrected chi connectivity index (χ1v) is 6.67. The van der Waals surface area contributed by atoms with Crippen molar-refractivity contribution in [1.29, 1.82) is 5.26 Å². The van der Waals surface area contributed by atoms with Crippen LogP contribution in [0.3, 0.4) is 0 Å². The lowest BCUT2D eigenvalue weighted by Crippen LogP contribution is -2.31. The summed E-state index contributed by atoms with van der Waals surface area (Å²) < 4.78 is 5.39. The molecule has 0 aromatic heterocycles. The zero-order valence-corrected chi connectivity index (χ0v) is 11.7. The number of carbonyl (C=O) groups is 1. The van der Waals surface area contributed by atoms with Gasteiger partial charge in [-0.1, -0.05) is 42.5 Å². The third-order valence-electron chi connectivity index (χ3n) is 3.04. The van der Waals surface area contributed by atoms with Gasteiger partial charge in [0, 0.05) is 0 Å². The van der Waals surface area contributed by atoms with E-state index in [0.717, 1.165) is 5.56 Å². The fraction of sp³-hybridized carbons (Fsp3) is 0.176. The molecule has 106 valence electrons. The molecule has 0 spiro atoms. The van der Waals surface area contributed by atoms with Crippen LogP contribution in [-0.4, -0.2) is 12.5 Å². The summed E-state index contributed by atoms with van der Waals surface area (Å²) in [6.07, 6.45) is 0. The lowest BCUT2D eigenvalue weighted by atomic mass is 10.1. The van der Waals surface area contributed by atoms with Gasteiger partial charge in [-0.05, 0) is 24.6 Å². The van der Waals surface area contributed by atoms with Gasteiger partial charge in [0.15, 0.2) is 6.61 Å². The molecule has 1 atom stereocenters. The van der Waals surface area contributed by atoms with E-state index in [2.05, 4.69) is 5.32 Å². The third kappa shape index (κ3) is 4.08. The van der Waals surface area contributed by atoms with Gasteiger partial charge in [0.1, 0.15) is 11.8 Å². The minimum Gasteiger partial charge on any atom is -0.482 e. The maximum atomic E-state index is 11.9. The first-order valence-electron chi connectivity index (χ1n) is 6.67. The highest BCUT2D eigenvalue weighted by Crippen LogP contribution is 2.16. The molecule has 0 aliphatic rings. The van der Waals surface area contributed by atoms with Crippen molar-refractivity contribution in [3.8, 4) is 11.8 Å². The Kier molecular flexibility index (Phi) is 4.94. The van der Waals surface area contributed by atoms with E-state index >= 15 is 0 Å². The quantitative estimate of drug-likeness (QED) is 0.916. The Morgan fingerprint density at radius 1 is 1.19 bits per heavy atom. The molecule has 0 aliphatic heterocycles. The second-order valence-corrected chi connectivity index (χ2v) is 4.60. The van der Waals surface area contributed by atoms with Gasteiger partial charge in [-0.2, -0.15) is 5.26 Å². The fourth-order valence-electron chi connectivity index (χ4n) is 1.94. The fourth-order valence-corrected chi connectivity index (χ4v) is 1.94. The highest BCUT2D eigenvalue weighted by atomic mass is 16.5. The van der Waals surface area contributed by atoms with Crippen LogP contribution >= 0.6 is 0 Å². The topological polar surface area (TPSA) is 62.1 Å². The maximum absolute atomic E-state index is 11.9. The third-order valence-corrected chi connectivity index (χ3v) is 3.04. The zero-order chi connectivity index (χ0) is 15.1. The van der Waals surface area contributed by atoms with Gasteiger partial charge in [-0.15, -0.1) is 0 Å². The molecular weight excluding hydrogens is 264 g/mol. The number of nitrogens with zero attached hydrogens (tertiary/aromatic N) is 1. The van der Waals surface area contributed by atoms with Crippen molar-refractivity contribution in [2.75, 3.05) is 6.61 Å². The molecule has 0 heterocycles. The summed E-state index contributed by atoms with van der Waals surface area (Å²) in [5.74, 6) is 0.196. The van der Waals surface area contributed by atoms with Crippen LogP contribution in [0.15, 0.2) is 54.6 Å². The molecule has 1 N–H and O–H groups in total. The number of amides is 1. The van der Waals surface area contributed by atoms with Gasteiger partial charge in [0.25, 0.3) is 5.91 Å². The molecule has 0 bridgehead atoms. The number of ether oxygens (including phenoxy) is 1. The summed E-state index contributed by atoms with van der Waals surface area (Å²) in [5, 5.41) is 11.8. The Hall–Kier alpha value is -2.80. The van der Waals surface area contributed by atoms with E-state index in [1.807, 2.05) is 43.3 Å². The minimum absolute atomic E-state index is 0.0893. The molecule has 0 saturated carbocycles. The number of nitrogens with one attached hydrogen (secondary N) is 1. The van der Waals surface area contributed by atoms with E-state index in [-0.39, 0.29) is 18.6 Å². The molecule has 4 heteroatoms. The lowest BCUT2D eigenvalue weighted by molar-refractivity contribution is -0.123. The Bertz CT molecular complexity index is 647. The molecule has 4 nitrogen and oxygen atoms in total. The average Bonchev–Trinajstić information content (AvgIpc) is 2.54. The van der Waals surface area contributed by atoms with Crippen LogP contribution < -0.4 is 10.1 Å². The van der Waals surface area contributed by atoms with Crippen molar-refractivity contribution in [3.63, 3.8) is 0 Å². The van der Waals surface area contributed by atoms with Gasteiger partial charge in [-0.25, -0.2) is 0 Å². The monoisotopic (exact) mass is 280 g/mol. The Labute approximate surface area is 124 Å². The van der Waals surface area contributed by atoms with Gasteiger partial charge in [-0.3, -0.25) is 4.79 Å². The van der Waals surface area contributed by atoms with Crippen LogP contribution in [0.4, 0.5) is 0 Å². The Morgan fingerprint density at radius 3 is 2.57 bits per heavy atom. The Balaban J connectivity index is 1.89. The number of benzene rings is 2. The second kappa shape index (κ2) is 7.11. The number of nitriles is 1. The average molecular weight is 280 g/mol. The standard InChI is InChI=1S/C17H16N2O2/c1-13(14-7-3-2-4-8-14)19-17(20)12-21-16-10-6-5-9-15(16)11-18/h2-10,13H,12H2,1H3,(H,19,20)/t13-/m0/s1. The molecule has 0 unspecified atom stereocenters. The van der Waals surface area contributed by atoms with Crippen LogP contribution in [0.25, 0.3) is 0 Å². The second-order valence-electron chi connectivity index (χ2n) is 4.60. The molecule has 2 rings (SSSR count). The summed E-state index contributed by atoms with van der Waals surface area (Å²) in [7, 11) is 0. The summed E-state index contributed by atoms with van der Waals surface area (Å²) in [5.41, 5.74) is 1.45. The van der Waals surface area contributed by atoms with Crippen LogP contribution in [-0.2, 0) is 4.79 Å². The van der Waals surface area contributed by atoms with Crippen molar-refractivity contribution in [2.45, 2.75) is 13.0 Å². The van der Waals surface area contributed by atoms with Crippen molar-refractivity contribution in [2.24, 2.45) is 0 Å². The zero-order valence-electron chi connectivity index (χ0n) is 11.7. The number of hydrogen-bond acceptors (Lipinski definition) is 3. The van der Waals surface area contributed by atoms with Crippen molar-refractivity contribution >= 4 is 5.91 Å². The molecule has 0 aliphatic carbocycles. The predicted molar refractivity (Wildman–Crippen MR) is 79.7 cm³/mol. The number of hydrogen-bond donors (Lipinski definition) is 1. The van der Waals surface area contributed by atoms with Crippen molar-refractivity contribution in [3.05, 3.63) is 65.7 Å². The largest absolute Gasteiger partial charge is 0.482 e. The minimum atomic E-state index is -0.223. The van der Waals surface area contributed by atoms with E-state index in [1.54, 1.807) is 24.3 Å². The Morgan fingerprint density at radius 2 is 1.86 bits per heavy atom. The van der Waals surface area contributed by atoms with Crippen molar-refractivity contribution < 1.29 is 9.53 Å². The van der Waals surface area contributed by atoms with E-state index in [4.69, 9.17) is 10.00 Å². The number of carbonyl (C=O) groups excluding carboxylic acids is 1. The summed E-state index contributed by atoms with van der Waals surface area (Å²) >= 11 is 0. The van der Waals surface area contributed by atoms with Crippen LogP contribution in [0.2, 0.25) is 0 Å². The van der Waals surface area contributed by atoms with E-state index in [0.29, 0.717) is 11.3 Å². The molecule has 2 aromatic rings. The van der Waals surface area contributed by atoms with Crippen LogP contribution in [0, 0.1) is 11.3 Å². The van der Waals surface area contributed by atoms with E-state index < -0.39 is 0 Å². The molecule has 2 aromatic carbocycles. The summed E-state index contributed by atoms with van der Waals surface area (Å²) in [6, 6.07) is 18.5. The van der Waals surface area contributed by atoms with Gasteiger partial charge >= 0.3 is 0 Å². The molecule has 1 amide bonds. The smallest absolute Gasteiger partial charge is 0.258 e. The first-order chi connectivity index (χ1) is 10.2. The van der Waals surface area contributed by atoms with E-state index in [1.165, 1.54) is 0 Å². The summed E-state index contributed by atoms with van der Waals surface area (Å²) in [4.78, 5) is 11.9. The van der Waals surface area contributed by atoms with E-state index in [9.17, 15) is 4.79 Å². The first kappa shape index (κ1) is 14.6. The maximum Gasteiger partial charge on any atom is 0.258 e. The molecular formula is C17H16N2O2. The lowest BCUT2D eigenvalue weighted by Gasteiger charge is -2.14. The van der Waals surface area contributed by atoms with Gasteiger partial charge in [0.05, 0.1) is 11.6 Å². The predicted octanol–water partition coefficient (Wildman–Crippen LogP) is 2.81. The van der Waals surface area contributed by atoms with Crippen LogP contribution in [0.5, 0.6) is 5.75 Å². The molecule has 0 fully saturated rings. The normalized spacial score (nSPS) is 11.2. The number of para-hydroxylation sites is 1. The SMILES string of the molecule is C[C@H](NC(=O)COc1ccccc1C#N)c1ccccc1. The highest BCUT2D eigenvalue weighted by molar-refractivity contribution is 5.78. The number of rotatable bonds is 5. The molecule has 0 radical (unpaired) electrons. The van der Waals surface area contributed by atoms with Gasteiger partial charge < -0.3 is 10.1 Å². The van der Waals surface area contributed by atoms with Gasteiger partial charge in [0.2, 0.25) is 0 Å². The molecule has 21 heavy (non-hydrogen) atoms. The summed E-state index contributed by atoms with van der Waals surface area (Å²) in [6.45, 7) is 1.80. The van der Waals surface area contributed by atoms with Crippen molar-refractivity contribution in [1.82, 2.24) is 5.32 Å². The molecule has 0 saturated heterocycles.